The van der Waals surface area contributed by atoms with Crippen LogP contribution in [0.1, 0.15) is 23.1 Å². The molecule has 1 aromatic heterocycles. The van der Waals surface area contributed by atoms with Crippen LogP contribution in [0.2, 0.25) is 5.02 Å². The number of carbonyl (C=O) groups is 1. The van der Waals surface area contributed by atoms with E-state index in [1.54, 1.807) is 41.1 Å². The highest BCUT2D eigenvalue weighted by molar-refractivity contribution is 6.30. The molecule has 0 aliphatic rings. The van der Waals surface area contributed by atoms with E-state index in [0.717, 1.165) is 22.6 Å². The van der Waals surface area contributed by atoms with Crippen LogP contribution < -0.4 is 10.1 Å². The molecule has 0 saturated carbocycles. The number of benzene rings is 3. The van der Waals surface area contributed by atoms with E-state index in [1.807, 2.05) is 50.2 Å². The predicted molar refractivity (Wildman–Crippen MR) is 122 cm³/mol. The number of hydrogen-bond acceptors (Lipinski definition) is 4. The van der Waals surface area contributed by atoms with E-state index in [2.05, 4.69) is 15.4 Å². The zero-order valence-electron chi connectivity index (χ0n) is 17.2. The average molecular weight is 433 g/mol. The van der Waals surface area contributed by atoms with E-state index in [4.69, 9.17) is 16.3 Å². The fourth-order valence-electron chi connectivity index (χ4n) is 3.15. The first-order valence-corrected chi connectivity index (χ1v) is 10.3. The molecule has 0 aliphatic carbocycles. The lowest BCUT2D eigenvalue weighted by Gasteiger charge is -2.07. The van der Waals surface area contributed by atoms with E-state index in [-0.39, 0.29) is 5.82 Å². The standard InChI is InChI=1S/C24H21ClN4O2/c1-3-31-21-12-10-19(11-13-21)26-24(30)22-27-23(17-7-5-8-18(25)15-17)29(28-22)20-9-4-6-16(2)14-20/h4-15H,3H2,1-2H3,(H,26,30). The Morgan fingerprint density at radius 1 is 1.06 bits per heavy atom. The number of rotatable bonds is 6. The average Bonchev–Trinajstić information content (AvgIpc) is 3.21. The first-order chi connectivity index (χ1) is 15.0. The molecule has 0 saturated heterocycles. The molecule has 4 rings (SSSR count). The minimum absolute atomic E-state index is 0.0605. The molecule has 0 radical (unpaired) electrons. The number of halogens is 1. The number of aromatic nitrogens is 3. The van der Waals surface area contributed by atoms with E-state index in [1.165, 1.54) is 0 Å². The Bertz CT molecular complexity index is 1160. The quantitative estimate of drug-likeness (QED) is 0.434. The van der Waals surface area contributed by atoms with Crippen molar-refractivity contribution in [1.82, 2.24) is 14.8 Å². The second-order valence-electron chi connectivity index (χ2n) is 6.93. The maximum absolute atomic E-state index is 12.9. The van der Waals surface area contributed by atoms with Crippen molar-refractivity contribution < 1.29 is 9.53 Å². The van der Waals surface area contributed by atoms with Gasteiger partial charge in [-0.15, -0.1) is 5.10 Å². The fourth-order valence-corrected chi connectivity index (χ4v) is 3.34. The maximum atomic E-state index is 12.9. The number of hydrogen-bond donors (Lipinski definition) is 1. The van der Waals surface area contributed by atoms with Gasteiger partial charge in [-0.2, -0.15) is 0 Å². The number of anilines is 1. The van der Waals surface area contributed by atoms with Gasteiger partial charge in [0.25, 0.3) is 5.91 Å². The van der Waals surface area contributed by atoms with Crippen molar-refractivity contribution >= 4 is 23.2 Å². The second kappa shape index (κ2) is 9.02. The van der Waals surface area contributed by atoms with Crippen molar-refractivity contribution in [3.63, 3.8) is 0 Å². The Labute approximate surface area is 185 Å². The summed E-state index contributed by atoms with van der Waals surface area (Å²) < 4.78 is 7.09. The van der Waals surface area contributed by atoms with Gasteiger partial charge in [0.05, 0.1) is 12.3 Å². The molecule has 3 aromatic carbocycles. The third-order valence-electron chi connectivity index (χ3n) is 4.56. The zero-order chi connectivity index (χ0) is 21.8. The summed E-state index contributed by atoms with van der Waals surface area (Å²) in [4.78, 5) is 17.4. The van der Waals surface area contributed by atoms with Crippen LogP contribution in [-0.2, 0) is 0 Å². The van der Waals surface area contributed by atoms with E-state index in [0.29, 0.717) is 23.1 Å². The van der Waals surface area contributed by atoms with Crippen LogP contribution in [0, 0.1) is 6.92 Å². The highest BCUT2D eigenvalue weighted by Crippen LogP contribution is 2.25. The predicted octanol–water partition coefficient (Wildman–Crippen LogP) is 5.55. The lowest BCUT2D eigenvalue weighted by Crippen LogP contribution is -2.14. The first-order valence-electron chi connectivity index (χ1n) is 9.88. The molecule has 31 heavy (non-hydrogen) atoms. The molecule has 0 unspecified atom stereocenters. The Morgan fingerprint density at radius 3 is 2.55 bits per heavy atom. The summed E-state index contributed by atoms with van der Waals surface area (Å²) in [5, 5.41) is 7.91. The zero-order valence-corrected chi connectivity index (χ0v) is 17.9. The highest BCUT2D eigenvalue weighted by atomic mass is 35.5. The lowest BCUT2D eigenvalue weighted by molar-refractivity contribution is 0.101. The molecule has 0 fully saturated rings. The van der Waals surface area contributed by atoms with Crippen LogP contribution in [0.4, 0.5) is 5.69 Å². The molecule has 0 spiro atoms. The van der Waals surface area contributed by atoms with Crippen LogP contribution in [-0.4, -0.2) is 27.3 Å². The van der Waals surface area contributed by atoms with Gasteiger partial charge in [0, 0.05) is 16.3 Å². The summed E-state index contributed by atoms with van der Waals surface area (Å²) in [5.74, 6) is 0.930. The number of nitrogens with zero attached hydrogens (tertiary/aromatic N) is 3. The molecule has 0 atom stereocenters. The Kier molecular flexibility index (Phi) is 6.00. The Morgan fingerprint density at radius 2 is 1.84 bits per heavy atom. The number of amides is 1. The fraction of sp³-hybridized carbons (Fsp3) is 0.125. The van der Waals surface area contributed by atoms with Gasteiger partial charge < -0.3 is 10.1 Å². The molecular weight excluding hydrogens is 412 g/mol. The van der Waals surface area contributed by atoms with E-state index in [9.17, 15) is 4.79 Å². The molecular formula is C24H21ClN4O2. The SMILES string of the molecule is CCOc1ccc(NC(=O)c2nc(-c3cccc(Cl)c3)n(-c3cccc(C)c3)n2)cc1. The van der Waals surface area contributed by atoms with Gasteiger partial charge in [-0.25, -0.2) is 9.67 Å². The molecule has 156 valence electrons. The number of nitrogens with one attached hydrogen (secondary N) is 1. The van der Waals surface area contributed by atoms with Crippen LogP contribution in [0.15, 0.2) is 72.8 Å². The number of carbonyl (C=O) groups excluding carboxylic acids is 1. The molecule has 1 heterocycles. The minimum Gasteiger partial charge on any atom is -0.494 e. The van der Waals surface area contributed by atoms with E-state index < -0.39 is 5.91 Å². The molecule has 0 bridgehead atoms. The highest BCUT2D eigenvalue weighted by Gasteiger charge is 2.19. The maximum Gasteiger partial charge on any atom is 0.295 e. The van der Waals surface area contributed by atoms with Crippen LogP contribution in [0.5, 0.6) is 5.75 Å². The first kappa shape index (κ1) is 20.6. The van der Waals surface area contributed by atoms with Crippen molar-refractivity contribution in [3.8, 4) is 22.8 Å². The van der Waals surface area contributed by atoms with Crippen molar-refractivity contribution in [1.29, 1.82) is 0 Å². The van der Waals surface area contributed by atoms with Gasteiger partial charge in [-0.1, -0.05) is 35.9 Å². The molecule has 7 heteroatoms. The normalized spacial score (nSPS) is 10.7. The lowest BCUT2D eigenvalue weighted by atomic mass is 10.2. The van der Waals surface area contributed by atoms with Gasteiger partial charge in [-0.05, 0) is 67.9 Å². The largest absolute Gasteiger partial charge is 0.494 e. The molecule has 4 aromatic rings. The third kappa shape index (κ3) is 4.75. The van der Waals surface area contributed by atoms with Gasteiger partial charge in [-0.3, -0.25) is 4.79 Å². The summed E-state index contributed by atoms with van der Waals surface area (Å²) in [6.45, 7) is 4.50. The van der Waals surface area contributed by atoms with Crippen molar-refractivity contribution in [3.05, 3.63) is 89.2 Å². The van der Waals surface area contributed by atoms with Crippen LogP contribution in [0.3, 0.4) is 0 Å². The summed E-state index contributed by atoms with van der Waals surface area (Å²) >= 11 is 6.18. The smallest absolute Gasteiger partial charge is 0.295 e. The Hall–Kier alpha value is -3.64. The van der Waals surface area contributed by atoms with Gasteiger partial charge in [0.1, 0.15) is 5.75 Å². The monoisotopic (exact) mass is 432 g/mol. The van der Waals surface area contributed by atoms with Crippen LogP contribution in [0.25, 0.3) is 17.1 Å². The number of ether oxygens (including phenoxy) is 1. The third-order valence-corrected chi connectivity index (χ3v) is 4.80. The molecule has 6 nitrogen and oxygen atoms in total. The summed E-state index contributed by atoms with van der Waals surface area (Å²) in [6, 6.07) is 22.3. The number of aryl methyl sites for hydroxylation is 1. The van der Waals surface area contributed by atoms with Crippen molar-refractivity contribution in [2.75, 3.05) is 11.9 Å². The molecule has 1 amide bonds. The summed E-state index contributed by atoms with van der Waals surface area (Å²) in [6.07, 6.45) is 0. The topological polar surface area (TPSA) is 69.0 Å². The van der Waals surface area contributed by atoms with Crippen molar-refractivity contribution in [2.24, 2.45) is 0 Å². The second-order valence-corrected chi connectivity index (χ2v) is 7.37. The Balaban J connectivity index is 1.69. The van der Waals surface area contributed by atoms with Gasteiger partial charge in [0.15, 0.2) is 5.82 Å². The summed E-state index contributed by atoms with van der Waals surface area (Å²) in [5.41, 5.74) is 3.28. The summed E-state index contributed by atoms with van der Waals surface area (Å²) in [7, 11) is 0. The van der Waals surface area contributed by atoms with Gasteiger partial charge in [0.2, 0.25) is 5.82 Å². The molecule has 1 N–H and O–H groups in total. The van der Waals surface area contributed by atoms with Gasteiger partial charge >= 0.3 is 0 Å². The van der Waals surface area contributed by atoms with E-state index >= 15 is 0 Å². The minimum atomic E-state index is -0.404. The van der Waals surface area contributed by atoms with Crippen LogP contribution >= 0.6 is 11.6 Å². The van der Waals surface area contributed by atoms with Crippen molar-refractivity contribution in [2.45, 2.75) is 13.8 Å². The molecule has 0 aliphatic heterocycles.